The molecule has 4 nitrogen and oxygen atoms in total. The van der Waals surface area contributed by atoms with Gasteiger partial charge in [0.15, 0.2) is 0 Å². The van der Waals surface area contributed by atoms with Gasteiger partial charge < -0.3 is 15.1 Å². The Morgan fingerprint density at radius 2 is 1.95 bits per heavy atom. The van der Waals surface area contributed by atoms with Gasteiger partial charge in [0, 0.05) is 31.7 Å². The average molecular weight is 287 g/mol. The molecule has 4 heteroatoms. The summed E-state index contributed by atoms with van der Waals surface area (Å²) in [6.07, 6.45) is 2.10. The number of hydrogen-bond donors (Lipinski definition) is 2. The summed E-state index contributed by atoms with van der Waals surface area (Å²) in [6.45, 7) is 1.59. The molecular formula is C17H21NO3. The van der Waals surface area contributed by atoms with Gasteiger partial charge in [-0.05, 0) is 30.9 Å². The van der Waals surface area contributed by atoms with E-state index in [4.69, 9.17) is 10.2 Å². The Hall–Kier alpha value is -1.83. The first-order chi connectivity index (χ1) is 10.3. The molecule has 112 valence electrons. The maximum atomic E-state index is 12.6. The predicted octanol–water partition coefficient (Wildman–Crippen LogP) is 1.27. The van der Waals surface area contributed by atoms with Gasteiger partial charge in [-0.1, -0.05) is 24.0 Å². The third kappa shape index (κ3) is 4.07. The van der Waals surface area contributed by atoms with E-state index in [1.165, 1.54) is 0 Å². The molecule has 0 spiro atoms. The van der Waals surface area contributed by atoms with E-state index in [2.05, 4.69) is 11.8 Å². The normalized spacial score (nSPS) is 15.4. The van der Waals surface area contributed by atoms with Crippen molar-refractivity contribution in [3.05, 3.63) is 35.4 Å². The van der Waals surface area contributed by atoms with Crippen LogP contribution in [0, 0.1) is 17.8 Å². The molecule has 0 unspecified atom stereocenters. The zero-order valence-electron chi connectivity index (χ0n) is 12.1. The van der Waals surface area contributed by atoms with E-state index in [1.807, 2.05) is 23.1 Å². The van der Waals surface area contributed by atoms with Gasteiger partial charge in [0.2, 0.25) is 0 Å². The van der Waals surface area contributed by atoms with Crippen LogP contribution in [0.1, 0.15) is 35.2 Å². The number of amides is 1. The van der Waals surface area contributed by atoms with Crippen molar-refractivity contribution in [1.82, 2.24) is 4.90 Å². The van der Waals surface area contributed by atoms with Gasteiger partial charge in [-0.3, -0.25) is 4.79 Å². The number of aliphatic hydroxyl groups excluding tert-OH is 2. The van der Waals surface area contributed by atoms with Gasteiger partial charge in [0.05, 0.1) is 12.2 Å². The van der Waals surface area contributed by atoms with E-state index in [0.717, 1.165) is 12.8 Å². The van der Waals surface area contributed by atoms with Crippen molar-refractivity contribution in [3.8, 4) is 11.8 Å². The molecule has 0 aromatic heterocycles. The molecule has 0 radical (unpaired) electrons. The molecule has 1 saturated heterocycles. The van der Waals surface area contributed by atoms with Crippen molar-refractivity contribution < 1.29 is 15.0 Å². The smallest absolute Gasteiger partial charge is 0.255 e. The molecule has 1 fully saturated rings. The summed E-state index contributed by atoms with van der Waals surface area (Å²) in [5, 5.41) is 17.9. The Morgan fingerprint density at radius 1 is 1.24 bits per heavy atom. The van der Waals surface area contributed by atoms with Crippen LogP contribution >= 0.6 is 0 Å². The summed E-state index contributed by atoms with van der Waals surface area (Å²) in [5.41, 5.74) is 1.32. The van der Waals surface area contributed by atoms with Crippen LogP contribution in [0.3, 0.4) is 0 Å². The summed E-state index contributed by atoms with van der Waals surface area (Å²) in [4.78, 5) is 14.4. The second kappa shape index (κ2) is 7.82. The molecule has 1 aliphatic heterocycles. The minimum Gasteiger partial charge on any atom is -0.396 e. The second-order valence-electron chi connectivity index (χ2n) is 5.24. The molecule has 0 atom stereocenters. The quantitative estimate of drug-likeness (QED) is 0.823. The molecular weight excluding hydrogens is 266 g/mol. The Morgan fingerprint density at radius 3 is 2.62 bits per heavy atom. The first-order valence-electron chi connectivity index (χ1n) is 7.35. The van der Waals surface area contributed by atoms with Crippen molar-refractivity contribution in [2.75, 3.05) is 26.3 Å². The van der Waals surface area contributed by atoms with Crippen molar-refractivity contribution >= 4 is 5.91 Å². The minimum atomic E-state index is 0.000267. The van der Waals surface area contributed by atoms with Crippen molar-refractivity contribution in [3.63, 3.8) is 0 Å². The van der Waals surface area contributed by atoms with Gasteiger partial charge in [-0.2, -0.15) is 0 Å². The predicted molar refractivity (Wildman–Crippen MR) is 80.7 cm³/mol. The van der Waals surface area contributed by atoms with Crippen LogP contribution in [0.15, 0.2) is 24.3 Å². The lowest BCUT2D eigenvalue weighted by Crippen LogP contribution is -2.39. The number of nitrogens with zero attached hydrogens (tertiary/aromatic N) is 1. The number of piperidine rings is 1. The molecule has 1 aromatic rings. The number of hydrogen-bond acceptors (Lipinski definition) is 3. The van der Waals surface area contributed by atoms with Crippen LogP contribution in [0.25, 0.3) is 0 Å². The van der Waals surface area contributed by atoms with Crippen LogP contribution in [0.4, 0.5) is 0 Å². The monoisotopic (exact) mass is 287 g/mol. The third-order valence-electron chi connectivity index (χ3n) is 3.78. The lowest BCUT2D eigenvalue weighted by Gasteiger charge is -2.31. The van der Waals surface area contributed by atoms with E-state index in [9.17, 15) is 4.79 Å². The molecule has 0 saturated carbocycles. The highest BCUT2D eigenvalue weighted by molar-refractivity contribution is 5.96. The van der Waals surface area contributed by atoms with E-state index in [1.54, 1.807) is 6.07 Å². The van der Waals surface area contributed by atoms with Gasteiger partial charge >= 0.3 is 0 Å². The molecule has 1 aliphatic rings. The van der Waals surface area contributed by atoms with E-state index < -0.39 is 0 Å². The maximum absolute atomic E-state index is 12.6. The van der Waals surface area contributed by atoms with E-state index in [0.29, 0.717) is 36.6 Å². The van der Waals surface area contributed by atoms with Gasteiger partial charge in [-0.15, -0.1) is 0 Å². The Bertz CT molecular complexity index is 536. The molecule has 0 aliphatic carbocycles. The molecule has 2 N–H and O–H groups in total. The number of carbonyl (C=O) groups excluding carboxylic acids is 1. The summed E-state index contributed by atoms with van der Waals surface area (Å²) in [7, 11) is 0. The van der Waals surface area contributed by atoms with Crippen molar-refractivity contribution in [1.29, 1.82) is 0 Å². The molecule has 0 bridgehead atoms. The first kappa shape index (κ1) is 15.6. The van der Waals surface area contributed by atoms with Gasteiger partial charge in [0.25, 0.3) is 5.91 Å². The highest BCUT2D eigenvalue weighted by atomic mass is 16.3. The summed E-state index contributed by atoms with van der Waals surface area (Å²) >= 11 is 0. The fraction of sp³-hybridized carbons (Fsp3) is 0.471. The highest BCUT2D eigenvalue weighted by Gasteiger charge is 2.24. The lowest BCUT2D eigenvalue weighted by molar-refractivity contribution is 0.0650. The maximum Gasteiger partial charge on any atom is 0.255 e. The highest BCUT2D eigenvalue weighted by Crippen LogP contribution is 2.19. The zero-order valence-corrected chi connectivity index (χ0v) is 12.1. The first-order valence-corrected chi connectivity index (χ1v) is 7.35. The lowest BCUT2D eigenvalue weighted by atomic mass is 9.97. The molecule has 1 aromatic carbocycles. The number of carbonyl (C=O) groups is 1. The SMILES string of the molecule is O=C(c1ccccc1C#CCCO)N1CCC(CO)CC1. The topological polar surface area (TPSA) is 60.8 Å². The molecule has 1 heterocycles. The van der Waals surface area contributed by atoms with Gasteiger partial charge in [0.1, 0.15) is 0 Å². The summed E-state index contributed by atoms with van der Waals surface area (Å²) < 4.78 is 0. The standard InChI is InChI=1S/C17H21NO3/c19-12-4-3-6-15-5-1-2-7-16(15)17(21)18-10-8-14(13-20)9-11-18/h1-2,5,7,14,19-20H,4,8-13H2. The van der Waals surface area contributed by atoms with Crippen molar-refractivity contribution in [2.24, 2.45) is 5.92 Å². The van der Waals surface area contributed by atoms with Crippen LogP contribution in [0.2, 0.25) is 0 Å². The fourth-order valence-electron chi connectivity index (χ4n) is 2.48. The third-order valence-corrected chi connectivity index (χ3v) is 3.78. The molecule has 1 amide bonds. The number of likely N-dealkylation sites (tertiary alicyclic amines) is 1. The van der Waals surface area contributed by atoms with Crippen LogP contribution in [-0.2, 0) is 0 Å². The molecule has 2 rings (SSSR count). The Balaban J connectivity index is 2.11. The Labute approximate surface area is 125 Å². The number of aliphatic hydroxyl groups is 2. The zero-order chi connectivity index (χ0) is 15.1. The van der Waals surface area contributed by atoms with Crippen LogP contribution in [-0.4, -0.2) is 47.3 Å². The van der Waals surface area contributed by atoms with Crippen LogP contribution in [0.5, 0.6) is 0 Å². The van der Waals surface area contributed by atoms with Crippen LogP contribution < -0.4 is 0 Å². The number of rotatable bonds is 3. The van der Waals surface area contributed by atoms with Gasteiger partial charge in [-0.25, -0.2) is 0 Å². The van der Waals surface area contributed by atoms with Crippen molar-refractivity contribution in [2.45, 2.75) is 19.3 Å². The second-order valence-corrected chi connectivity index (χ2v) is 5.24. The minimum absolute atomic E-state index is 0.000267. The largest absolute Gasteiger partial charge is 0.396 e. The average Bonchev–Trinajstić information content (AvgIpc) is 2.55. The van der Waals surface area contributed by atoms with E-state index in [-0.39, 0.29) is 19.1 Å². The fourth-order valence-corrected chi connectivity index (χ4v) is 2.48. The summed E-state index contributed by atoms with van der Waals surface area (Å²) in [5.74, 6) is 6.13. The van der Waals surface area contributed by atoms with E-state index >= 15 is 0 Å². The Kier molecular flexibility index (Phi) is 5.79. The number of benzene rings is 1. The summed E-state index contributed by atoms with van der Waals surface area (Å²) in [6, 6.07) is 7.32. The molecule has 21 heavy (non-hydrogen) atoms.